The second-order valence-corrected chi connectivity index (χ2v) is 15.1. The van der Waals surface area contributed by atoms with E-state index in [2.05, 4.69) is 167 Å². The summed E-state index contributed by atoms with van der Waals surface area (Å²) in [4.78, 5) is 11.3. The van der Waals surface area contributed by atoms with Crippen LogP contribution < -0.4 is 0 Å². The summed E-state index contributed by atoms with van der Waals surface area (Å²) in [6.45, 7) is 0. The van der Waals surface area contributed by atoms with Gasteiger partial charge in [-0.25, -0.2) is 9.97 Å². The molecule has 53 heavy (non-hydrogen) atoms. The molecule has 4 nitrogen and oxygen atoms in total. The average molecular weight is 691 g/mol. The smallest absolute Gasteiger partial charge is 0.165 e. The van der Waals surface area contributed by atoms with Crippen LogP contribution in [-0.4, -0.2) is 18.9 Å². The lowest BCUT2D eigenvalue weighted by Crippen LogP contribution is -2.04. The number of thiophene rings is 1. The Morgan fingerprint density at radius 1 is 0.434 bits per heavy atom. The van der Waals surface area contributed by atoms with Crippen LogP contribution in [0.5, 0.6) is 0 Å². The van der Waals surface area contributed by atoms with Crippen molar-refractivity contribution in [2.24, 2.45) is 0 Å². The van der Waals surface area contributed by atoms with E-state index in [1.807, 2.05) is 11.3 Å². The third kappa shape index (κ3) is 3.50. The maximum atomic E-state index is 5.66. The fourth-order valence-corrected chi connectivity index (χ4v) is 10.5. The van der Waals surface area contributed by atoms with Crippen LogP contribution in [-0.2, 0) is 0 Å². The highest BCUT2D eigenvalue weighted by molar-refractivity contribution is 7.26. The van der Waals surface area contributed by atoms with Gasteiger partial charge in [-0.3, -0.25) is 4.57 Å². The summed E-state index contributed by atoms with van der Waals surface area (Å²) in [6, 6.07) is 57.2. The molecule has 5 heterocycles. The molecule has 0 atom stereocenters. The fourth-order valence-electron chi connectivity index (χ4n) is 9.27. The zero-order valence-corrected chi connectivity index (χ0v) is 29.0. The highest BCUT2D eigenvalue weighted by Crippen LogP contribution is 2.46. The minimum atomic E-state index is 0.836. The van der Waals surface area contributed by atoms with Crippen LogP contribution in [0.3, 0.4) is 0 Å². The number of hydrogen-bond donors (Lipinski definition) is 0. The molecule has 244 valence electrons. The van der Waals surface area contributed by atoms with Gasteiger partial charge in [0.05, 0.1) is 38.6 Å². The molecule has 0 saturated carbocycles. The zero-order valence-electron chi connectivity index (χ0n) is 28.2. The lowest BCUT2D eigenvalue weighted by molar-refractivity contribution is 1.08. The number of benzene rings is 8. The van der Waals surface area contributed by atoms with E-state index in [-0.39, 0.29) is 0 Å². The maximum Gasteiger partial charge on any atom is 0.165 e. The molecule has 0 aliphatic rings. The Morgan fingerprint density at radius 3 is 2.00 bits per heavy atom. The topological polar surface area (TPSA) is 35.1 Å². The van der Waals surface area contributed by atoms with Crippen molar-refractivity contribution >= 4 is 113 Å². The van der Waals surface area contributed by atoms with E-state index < -0.39 is 0 Å². The quantitative estimate of drug-likeness (QED) is 0.169. The van der Waals surface area contributed by atoms with E-state index >= 15 is 0 Å². The van der Waals surface area contributed by atoms with Gasteiger partial charge >= 0.3 is 0 Å². The number of hydrogen-bond acceptors (Lipinski definition) is 3. The highest BCUT2D eigenvalue weighted by atomic mass is 32.1. The van der Waals surface area contributed by atoms with Crippen LogP contribution in [0.25, 0.3) is 119 Å². The van der Waals surface area contributed by atoms with Crippen LogP contribution in [0, 0.1) is 0 Å². The van der Waals surface area contributed by atoms with Gasteiger partial charge in [0, 0.05) is 58.1 Å². The van der Waals surface area contributed by atoms with Gasteiger partial charge < -0.3 is 4.40 Å². The molecule has 8 aromatic carbocycles. The van der Waals surface area contributed by atoms with Gasteiger partial charge in [0.2, 0.25) is 0 Å². The van der Waals surface area contributed by atoms with Crippen LogP contribution in [0.2, 0.25) is 0 Å². The molecule has 0 unspecified atom stereocenters. The van der Waals surface area contributed by atoms with Crippen molar-refractivity contribution in [2.45, 2.75) is 0 Å². The first-order chi connectivity index (χ1) is 26.3. The molecule has 0 N–H and O–H groups in total. The summed E-state index contributed by atoms with van der Waals surface area (Å²) in [5.41, 5.74) is 9.66. The molecular weight excluding hydrogens is 665 g/mol. The minimum Gasteiger partial charge on any atom is -0.308 e. The van der Waals surface area contributed by atoms with E-state index in [0.29, 0.717) is 0 Å². The number of fused-ring (bicyclic) bond motifs is 11. The first kappa shape index (κ1) is 27.8. The molecular formula is C48H26N4S. The maximum absolute atomic E-state index is 5.66. The van der Waals surface area contributed by atoms with Gasteiger partial charge in [0.25, 0.3) is 0 Å². The van der Waals surface area contributed by atoms with Crippen LogP contribution in [0.15, 0.2) is 158 Å². The standard InChI is InChI=1S/C48H26N4S/c1-2-12-28-27(11-1)25-26-36-44(28)50-45(35-19-8-18-34-30-14-4-6-24-41(30)53-47(34)35)48(49-36)52-38-21-9-15-31-33-17-7-16-32-29-13-3-5-20-37(29)51(46(32)33)39-22-10-23-40(52)43(39)42(31)38/h1-26H. The van der Waals surface area contributed by atoms with Crippen molar-refractivity contribution < 1.29 is 0 Å². The Balaban J connectivity index is 1.26. The second kappa shape index (κ2) is 9.94. The summed E-state index contributed by atoms with van der Waals surface area (Å²) in [6.07, 6.45) is 0. The summed E-state index contributed by atoms with van der Waals surface area (Å²) in [5, 5.41) is 12.3. The second-order valence-electron chi connectivity index (χ2n) is 14.1. The van der Waals surface area contributed by atoms with E-state index in [0.717, 1.165) is 49.9 Å². The zero-order chi connectivity index (χ0) is 34.4. The SMILES string of the molecule is c1ccc2c(c1)ccc1nc(-n3c4cccc5c6cccc7c8ccccc8n(c8cccc3c8c54)c67)c(-c3cccc4c3sc3ccccc34)nc12. The number of aromatic nitrogens is 4. The number of nitrogens with zero attached hydrogens (tertiary/aromatic N) is 4. The van der Waals surface area contributed by atoms with E-state index in [1.54, 1.807) is 0 Å². The van der Waals surface area contributed by atoms with E-state index in [1.165, 1.54) is 69.0 Å². The van der Waals surface area contributed by atoms with Crippen molar-refractivity contribution in [2.75, 3.05) is 0 Å². The van der Waals surface area contributed by atoms with Crippen molar-refractivity contribution in [3.05, 3.63) is 158 Å². The lowest BCUT2D eigenvalue weighted by atomic mass is 10.0. The number of rotatable bonds is 2. The molecule has 5 heteroatoms. The Morgan fingerprint density at radius 2 is 1.08 bits per heavy atom. The lowest BCUT2D eigenvalue weighted by Gasteiger charge is -2.15. The van der Waals surface area contributed by atoms with Gasteiger partial charge in [-0.15, -0.1) is 11.3 Å². The number of para-hydroxylation sites is 2. The third-order valence-electron chi connectivity index (χ3n) is 11.4. The van der Waals surface area contributed by atoms with Gasteiger partial charge in [0.1, 0.15) is 5.69 Å². The summed E-state index contributed by atoms with van der Waals surface area (Å²) >= 11 is 1.83. The van der Waals surface area contributed by atoms with Crippen LogP contribution >= 0.6 is 11.3 Å². The molecule has 0 bridgehead atoms. The molecule has 0 radical (unpaired) electrons. The molecule has 0 spiro atoms. The molecule has 0 aliphatic carbocycles. The monoisotopic (exact) mass is 690 g/mol. The molecule has 13 rings (SSSR count). The predicted octanol–water partition coefficient (Wildman–Crippen LogP) is 13.1. The van der Waals surface area contributed by atoms with Gasteiger partial charge in [-0.05, 0) is 47.2 Å². The Labute approximate surface area is 305 Å². The summed E-state index contributed by atoms with van der Waals surface area (Å²) < 4.78 is 7.37. The predicted molar refractivity (Wildman–Crippen MR) is 224 cm³/mol. The van der Waals surface area contributed by atoms with Crippen molar-refractivity contribution in [1.82, 2.24) is 18.9 Å². The fraction of sp³-hybridized carbons (Fsp3) is 0. The molecule has 0 saturated heterocycles. The summed E-state index contributed by atoms with van der Waals surface area (Å²) in [5.74, 6) is 0.836. The Bertz CT molecular complexity index is 3700. The minimum absolute atomic E-state index is 0.836. The van der Waals surface area contributed by atoms with E-state index in [9.17, 15) is 0 Å². The molecule has 13 aromatic rings. The van der Waals surface area contributed by atoms with Crippen LogP contribution in [0.4, 0.5) is 0 Å². The Hall–Kier alpha value is -6.82. The van der Waals surface area contributed by atoms with Gasteiger partial charge in [-0.1, -0.05) is 121 Å². The molecule has 0 amide bonds. The van der Waals surface area contributed by atoms with E-state index in [4.69, 9.17) is 9.97 Å². The van der Waals surface area contributed by atoms with Crippen molar-refractivity contribution in [3.8, 4) is 17.1 Å². The molecule has 0 aliphatic heterocycles. The van der Waals surface area contributed by atoms with Crippen molar-refractivity contribution in [1.29, 1.82) is 0 Å². The first-order valence-electron chi connectivity index (χ1n) is 18.0. The third-order valence-corrected chi connectivity index (χ3v) is 12.7. The largest absolute Gasteiger partial charge is 0.308 e. The van der Waals surface area contributed by atoms with Gasteiger partial charge in [-0.2, -0.15) is 0 Å². The normalized spacial score (nSPS) is 12.5. The Kier molecular flexibility index (Phi) is 5.22. The van der Waals surface area contributed by atoms with Gasteiger partial charge in [0.15, 0.2) is 5.82 Å². The first-order valence-corrected chi connectivity index (χ1v) is 18.8. The highest BCUT2D eigenvalue weighted by Gasteiger charge is 2.25. The molecule has 5 aromatic heterocycles. The van der Waals surface area contributed by atoms with Crippen molar-refractivity contribution in [3.63, 3.8) is 0 Å². The van der Waals surface area contributed by atoms with Crippen LogP contribution in [0.1, 0.15) is 0 Å². The molecule has 0 fully saturated rings. The summed E-state index contributed by atoms with van der Waals surface area (Å²) in [7, 11) is 0. The average Bonchev–Trinajstić information content (AvgIpc) is 3.85.